The molecule has 1 N–H and O–H groups in total. The number of nitrogens with one attached hydrogen (secondary N) is 1. The molecule has 0 saturated heterocycles. The highest BCUT2D eigenvalue weighted by atomic mass is 32.2. The highest BCUT2D eigenvalue weighted by Gasteiger charge is 2.24. The van der Waals surface area contributed by atoms with E-state index >= 15 is 0 Å². The van der Waals surface area contributed by atoms with Crippen molar-refractivity contribution in [2.24, 2.45) is 0 Å². The van der Waals surface area contributed by atoms with E-state index in [4.69, 9.17) is 4.74 Å². The van der Waals surface area contributed by atoms with Gasteiger partial charge < -0.3 is 4.74 Å². The van der Waals surface area contributed by atoms with Crippen molar-refractivity contribution in [3.8, 4) is 5.75 Å². The van der Waals surface area contributed by atoms with E-state index in [-0.39, 0.29) is 4.90 Å². The number of nitrogens with zero attached hydrogens (tertiary/aromatic N) is 3. The first-order valence-corrected chi connectivity index (χ1v) is 11.1. The molecule has 0 aliphatic carbocycles. The minimum Gasteiger partial charge on any atom is -0.493 e. The molecule has 0 radical (unpaired) electrons. The zero-order valence-corrected chi connectivity index (χ0v) is 17.3. The molecule has 0 fully saturated rings. The number of aromatic nitrogens is 3. The molecule has 3 aromatic carbocycles. The largest absolute Gasteiger partial charge is 0.493 e. The lowest BCUT2D eigenvalue weighted by Gasteiger charge is -2.20. The van der Waals surface area contributed by atoms with Crippen LogP contribution in [-0.2, 0) is 16.6 Å². The third-order valence-electron chi connectivity index (χ3n) is 4.77. The Labute approximate surface area is 175 Å². The van der Waals surface area contributed by atoms with Crippen molar-refractivity contribution in [2.45, 2.75) is 24.4 Å². The van der Waals surface area contributed by atoms with Gasteiger partial charge >= 0.3 is 0 Å². The number of fused-ring (bicyclic) bond motifs is 1. The maximum Gasteiger partial charge on any atom is 0.241 e. The highest BCUT2D eigenvalue weighted by molar-refractivity contribution is 7.89. The van der Waals surface area contributed by atoms with Crippen LogP contribution in [0.15, 0.2) is 84.3 Å². The van der Waals surface area contributed by atoms with Crippen molar-refractivity contribution >= 4 is 20.8 Å². The van der Waals surface area contributed by atoms with Gasteiger partial charge in [-0.3, -0.25) is 4.68 Å². The molecule has 30 heavy (non-hydrogen) atoms. The Morgan fingerprint density at radius 3 is 2.43 bits per heavy atom. The number of benzene rings is 3. The van der Waals surface area contributed by atoms with Gasteiger partial charge in [-0.2, -0.15) is 5.10 Å². The van der Waals surface area contributed by atoms with Crippen molar-refractivity contribution < 1.29 is 13.2 Å². The molecule has 1 heterocycles. The van der Waals surface area contributed by atoms with E-state index in [0.29, 0.717) is 24.3 Å². The first-order chi connectivity index (χ1) is 14.6. The fraction of sp³-hybridized carbons (Fsp3) is 0.182. The fourth-order valence-corrected chi connectivity index (χ4v) is 4.85. The zero-order chi connectivity index (χ0) is 21.0. The molecule has 154 valence electrons. The molecule has 4 aromatic rings. The Morgan fingerprint density at radius 1 is 1.00 bits per heavy atom. The minimum atomic E-state index is -3.84. The van der Waals surface area contributed by atoms with Gasteiger partial charge in [0, 0.05) is 10.8 Å². The molecule has 1 aromatic heterocycles. The molecular formula is C22H22N4O3S. The second kappa shape index (κ2) is 8.64. The van der Waals surface area contributed by atoms with Crippen LogP contribution >= 0.6 is 0 Å². The van der Waals surface area contributed by atoms with Gasteiger partial charge in [0.15, 0.2) is 0 Å². The Morgan fingerprint density at radius 2 is 1.73 bits per heavy atom. The fourth-order valence-electron chi connectivity index (χ4n) is 3.42. The van der Waals surface area contributed by atoms with Gasteiger partial charge in [0.25, 0.3) is 0 Å². The number of hydrogen-bond donors (Lipinski definition) is 1. The topological polar surface area (TPSA) is 86.1 Å². The van der Waals surface area contributed by atoms with Crippen LogP contribution < -0.4 is 9.46 Å². The molecule has 8 heteroatoms. The van der Waals surface area contributed by atoms with Crippen molar-refractivity contribution in [1.29, 1.82) is 0 Å². The molecule has 4 rings (SSSR count). The summed E-state index contributed by atoms with van der Waals surface area (Å²) < 4.78 is 37.0. The van der Waals surface area contributed by atoms with E-state index in [1.807, 2.05) is 55.5 Å². The van der Waals surface area contributed by atoms with Gasteiger partial charge in [-0.15, -0.1) is 0 Å². The molecule has 0 saturated carbocycles. The average Bonchev–Trinajstić information content (AvgIpc) is 3.27. The summed E-state index contributed by atoms with van der Waals surface area (Å²) in [4.78, 5) is 4.16. The van der Waals surface area contributed by atoms with E-state index in [2.05, 4.69) is 14.8 Å². The summed E-state index contributed by atoms with van der Waals surface area (Å²) in [5.41, 5.74) is 0.840. The quantitative estimate of drug-likeness (QED) is 0.469. The van der Waals surface area contributed by atoms with E-state index in [1.54, 1.807) is 29.2 Å². The zero-order valence-electron chi connectivity index (χ0n) is 16.5. The van der Waals surface area contributed by atoms with Gasteiger partial charge in [0.1, 0.15) is 18.4 Å². The molecule has 0 aliphatic heterocycles. The van der Waals surface area contributed by atoms with Gasteiger partial charge in [-0.1, -0.05) is 54.6 Å². The third-order valence-corrected chi connectivity index (χ3v) is 6.30. The van der Waals surface area contributed by atoms with E-state index < -0.39 is 16.1 Å². The van der Waals surface area contributed by atoms with Crippen LogP contribution in [0.4, 0.5) is 0 Å². The second-order valence-corrected chi connectivity index (χ2v) is 8.42. The van der Waals surface area contributed by atoms with Crippen LogP contribution in [0.3, 0.4) is 0 Å². The van der Waals surface area contributed by atoms with Crippen LogP contribution in [0, 0.1) is 0 Å². The minimum absolute atomic E-state index is 0.209. The number of ether oxygens (including phenoxy) is 1. The van der Waals surface area contributed by atoms with Gasteiger partial charge in [-0.25, -0.2) is 18.1 Å². The molecule has 0 amide bonds. The van der Waals surface area contributed by atoms with Gasteiger partial charge in [0.05, 0.1) is 24.1 Å². The van der Waals surface area contributed by atoms with Crippen molar-refractivity contribution in [1.82, 2.24) is 19.5 Å². The van der Waals surface area contributed by atoms with E-state index in [9.17, 15) is 8.42 Å². The summed E-state index contributed by atoms with van der Waals surface area (Å²) in [5.74, 6) is 0.661. The van der Waals surface area contributed by atoms with E-state index in [0.717, 1.165) is 10.9 Å². The molecule has 7 nitrogen and oxygen atoms in total. The second-order valence-electron chi connectivity index (χ2n) is 6.74. The summed E-state index contributed by atoms with van der Waals surface area (Å²) in [6.45, 7) is 2.72. The summed E-state index contributed by atoms with van der Waals surface area (Å²) in [7, 11) is -3.84. The SMILES string of the molecule is CCOc1ccc(S(=O)(=O)NC(Cn2cncn2)c2ccccc2)c2ccccc12. The third kappa shape index (κ3) is 4.19. The van der Waals surface area contributed by atoms with Crippen molar-refractivity contribution in [2.75, 3.05) is 6.61 Å². The number of sulfonamides is 1. The van der Waals surface area contributed by atoms with Crippen LogP contribution in [0.2, 0.25) is 0 Å². The Balaban J connectivity index is 1.74. The van der Waals surface area contributed by atoms with Gasteiger partial charge in [0.2, 0.25) is 10.0 Å². The van der Waals surface area contributed by atoms with Crippen LogP contribution in [0.25, 0.3) is 10.8 Å². The first kappa shape index (κ1) is 20.1. The first-order valence-electron chi connectivity index (χ1n) is 9.62. The predicted octanol–water partition coefficient (Wildman–Crippen LogP) is 3.55. The summed E-state index contributed by atoms with van der Waals surface area (Å²) in [6, 6.07) is 19.6. The van der Waals surface area contributed by atoms with Crippen molar-refractivity contribution in [3.05, 3.63) is 84.9 Å². The smallest absolute Gasteiger partial charge is 0.241 e. The lowest BCUT2D eigenvalue weighted by Crippen LogP contribution is -2.31. The molecule has 1 unspecified atom stereocenters. The maximum atomic E-state index is 13.4. The maximum absolute atomic E-state index is 13.4. The molecule has 0 aliphatic rings. The average molecular weight is 423 g/mol. The monoisotopic (exact) mass is 422 g/mol. The van der Waals surface area contributed by atoms with Crippen LogP contribution in [0.5, 0.6) is 5.75 Å². The normalized spacial score (nSPS) is 12.7. The summed E-state index contributed by atoms with van der Waals surface area (Å²) >= 11 is 0. The van der Waals surface area contributed by atoms with Crippen molar-refractivity contribution in [3.63, 3.8) is 0 Å². The Hall–Kier alpha value is -3.23. The Bertz CT molecular complexity index is 1230. The predicted molar refractivity (Wildman–Crippen MR) is 115 cm³/mol. The standard InChI is InChI=1S/C22H22N4O3S/c1-2-29-21-12-13-22(19-11-7-6-10-18(19)21)30(27,28)25-20(14-26-16-23-15-24-26)17-8-4-3-5-9-17/h3-13,15-16,20,25H,2,14H2,1H3. The lowest BCUT2D eigenvalue weighted by atomic mass is 10.1. The van der Waals surface area contributed by atoms with E-state index in [1.165, 1.54) is 6.33 Å². The molecular weight excluding hydrogens is 400 g/mol. The Kier molecular flexibility index (Phi) is 5.78. The van der Waals surface area contributed by atoms with Crippen LogP contribution in [0.1, 0.15) is 18.5 Å². The summed E-state index contributed by atoms with van der Waals surface area (Å²) in [6.07, 6.45) is 2.99. The number of rotatable bonds is 8. The number of hydrogen-bond acceptors (Lipinski definition) is 5. The highest BCUT2D eigenvalue weighted by Crippen LogP contribution is 2.32. The summed E-state index contributed by atoms with van der Waals surface area (Å²) in [5, 5.41) is 5.49. The van der Waals surface area contributed by atoms with Crippen LogP contribution in [-0.4, -0.2) is 29.8 Å². The van der Waals surface area contributed by atoms with Gasteiger partial charge in [-0.05, 0) is 24.6 Å². The lowest BCUT2D eigenvalue weighted by molar-refractivity contribution is 0.344. The molecule has 0 bridgehead atoms. The molecule has 0 spiro atoms. The molecule has 1 atom stereocenters.